The van der Waals surface area contributed by atoms with Crippen molar-refractivity contribution in [3.63, 3.8) is 0 Å². The minimum Gasteiger partial charge on any atom is -0.371 e. The van der Waals surface area contributed by atoms with Gasteiger partial charge in [0, 0.05) is 17.6 Å². The third kappa shape index (κ3) is 4.20. The summed E-state index contributed by atoms with van der Waals surface area (Å²) in [6.45, 7) is 0.619. The zero-order chi connectivity index (χ0) is 18.0. The first-order valence-corrected chi connectivity index (χ1v) is 9.93. The summed E-state index contributed by atoms with van der Waals surface area (Å²) < 4.78 is 58.5. The Balaban J connectivity index is 1.71. The predicted octanol–water partition coefficient (Wildman–Crippen LogP) is 2.53. The molecule has 10 heteroatoms. The maximum Gasteiger partial charge on any atom is 0.284 e. The number of hydrogen-bond donors (Lipinski definition) is 1. The molecule has 1 atom stereocenters. The number of carbonyl (C=O) groups is 1. The lowest BCUT2D eigenvalue weighted by atomic mass is 10.2. The van der Waals surface area contributed by atoms with Crippen LogP contribution in [0.5, 0.6) is 0 Å². The third-order valence-corrected chi connectivity index (χ3v) is 5.71. The van der Waals surface area contributed by atoms with E-state index in [4.69, 9.17) is 4.74 Å². The summed E-state index contributed by atoms with van der Waals surface area (Å²) in [6.07, 6.45) is 1.50. The monoisotopic (exact) mass is 388 g/mol. The fourth-order valence-corrected chi connectivity index (χ4v) is 4.40. The molecule has 134 valence electrons. The van der Waals surface area contributed by atoms with E-state index in [1.54, 1.807) is 4.72 Å². The average molecular weight is 388 g/mol. The van der Waals surface area contributed by atoms with E-state index in [1.807, 2.05) is 0 Å². The van der Waals surface area contributed by atoms with Gasteiger partial charge in [-0.1, -0.05) is 6.07 Å². The number of hydrogen-bond acceptors (Lipinski definition) is 6. The van der Waals surface area contributed by atoms with E-state index in [0.29, 0.717) is 11.6 Å². The summed E-state index contributed by atoms with van der Waals surface area (Å²) in [6, 6.07) is 3.02. The van der Waals surface area contributed by atoms with E-state index < -0.39 is 38.9 Å². The van der Waals surface area contributed by atoms with Crippen molar-refractivity contribution >= 4 is 27.3 Å². The summed E-state index contributed by atoms with van der Waals surface area (Å²) in [5.74, 6) is -3.92. The lowest BCUT2D eigenvalue weighted by Crippen LogP contribution is -2.32. The second-order valence-electron chi connectivity index (χ2n) is 5.46. The zero-order valence-electron chi connectivity index (χ0n) is 12.9. The van der Waals surface area contributed by atoms with Crippen molar-refractivity contribution < 1.29 is 26.7 Å². The van der Waals surface area contributed by atoms with Crippen LogP contribution in [0.4, 0.5) is 8.78 Å². The largest absolute Gasteiger partial charge is 0.371 e. The molecule has 25 heavy (non-hydrogen) atoms. The Bertz CT molecular complexity index is 872. The number of thiazole rings is 1. The van der Waals surface area contributed by atoms with Crippen LogP contribution in [-0.2, 0) is 20.5 Å². The molecule has 0 aliphatic carbocycles. The normalized spacial score (nSPS) is 17.6. The number of amides is 1. The number of benzene rings is 1. The molecular weight excluding hydrogens is 374 g/mol. The number of carbonyl (C=O) groups excluding carboxylic acids is 1. The quantitative estimate of drug-likeness (QED) is 0.851. The molecule has 0 spiro atoms. The van der Waals surface area contributed by atoms with Crippen molar-refractivity contribution in [2.45, 2.75) is 24.7 Å². The molecule has 1 N–H and O–H groups in total. The molecule has 6 nitrogen and oxygen atoms in total. The molecule has 3 rings (SSSR count). The van der Waals surface area contributed by atoms with E-state index in [9.17, 15) is 22.0 Å². The SMILES string of the molecule is O=C(NS(=O)(=O)Cc1c(F)cccc1F)c1csc([C@H]2CCCO2)n1. The maximum absolute atomic E-state index is 13.6. The van der Waals surface area contributed by atoms with Gasteiger partial charge in [0.2, 0.25) is 10.0 Å². The molecule has 2 heterocycles. The van der Waals surface area contributed by atoms with E-state index >= 15 is 0 Å². The van der Waals surface area contributed by atoms with Crippen LogP contribution in [0.25, 0.3) is 0 Å². The highest BCUT2D eigenvalue weighted by molar-refractivity contribution is 7.89. The Morgan fingerprint density at radius 3 is 2.72 bits per heavy atom. The summed E-state index contributed by atoms with van der Waals surface area (Å²) in [4.78, 5) is 16.2. The topological polar surface area (TPSA) is 85.4 Å². The van der Waals surface area contributed by atoms with Crippen molar-refractivity contribution in [1.29, 1.82) is 0 Å². The number of rotatable bonds is 5. The Morgan fingerprint density at radius 2 is 2.08 bits per heavy atom. The molecule has 0 bridgehead atoms. The van der Waals surface area contributed by atoms with Crippen LogP contribution in [0, 0.1) is 11.6 Å². The molecule has 1 aliphatic heterocycles. The predicted molar refractivity (Wildman–Crippen MR) is 86.5 cm³/mol. The van der Waals surface area contributed by atoms with Gasteiger partial charge >= 0.3 is 0 Å². The van der Waals surface area contributed by atoms with Gasteiger partial charge in [0.1, 0.15) is 34.2 Å². The van der Waals surface area contributed by atoms with Crippen molar-refractivity contribution in [1.82, 2.24) is 9.71 Å². The first kappa shape index (κ1) is 17.9. The summed E-state index contributed by atoms with van der Waals surface area (Å²) >= 11 is 1.20. The third-order valence-electron chi connectivity index (χ3n) is 3.60. The Labute approximate surface area is 146 Å². The van der Waals surface area contributed by atoms with Crippen LogP contribution >= 0.6 is 11.3 Å². The fourth-order valence-electron chi connectivity index (χ4n) is 2.40. The molecule has 1 aromatic heterocycles. The van der Waals surface area contributed by atoms with Crippen molar-refractivity contribution in [3.05, 3.63) is 51.5 Å². The van der Waals surface area contributed by atoms with Gasteiger partial charge in [-0.3, -0.25) is 4.79 Å². The molecule has 1 aromatic carbocycles. The molecule has 0 unspecified atom stereocenters. The number of nitrogens with zero attached hydrogens (tertiary/aromatic N) is 1. The smallest absolute Gasteiger partial charge is 0.284 e. The highest BCUT2D eigenvalue weighted by atomic mass is 32.2. The van der Waals surface area contributed by atoms with Gasteiger partial charge in [-0.05, 0) is 25.0 Å². The number of nitrogens with one attached hydrogen (secondary N) is 1. The number of sulfonamides is 1. The second-order valence-corrected chi connectivity index (χ2v) is 8.08. The molecular formula is C15H14F2N2O4S2. The average Bonchev–Trinajstić information content (AvgIpc) is 3.21. The minimum absolute atomic E-state index is 0.0759. The lowest BCUT2D eigenvalue weighted by molar-refractivity contribution is 0.0973. The van der Waals surface area contributed by atoms with Crippen LogP contribution in [-0.4, -0.2) is 25.9 Å². The van der Waals surface area contributed by atoms with Crippen LogP contribution < -0.4 is 4.72 Å². The van der Waals surface area contributed by atoms with Crippen molar-refractivity contribution in [2.75, 3.05) is 6.61 Å². The second kappa shape index (κ2) is 7.14. The van der Waals surface area contributed by atoms with Gasteiger partial charge < -0.3 is 4.74 Å². The van der Waals surface area contributed by atoms with Crippen molar-refractivity contribution in [2.24, 2.45) is 0 Å². The van der Waals surface area contributed by atoms with Crippen LogP contribution in [0.2, 0.25) is 0 Å². The molecule has 2 aromatic rings. The van der Waals surface area contributed by atoms with Crippen LogP contribution in [0.15, 0.2) is 23.6 Å². The Morgan fingerprint density at radius 1 is 1.36 bits per heavy atom. The van der Waals surface area contributed by atoms with Gasteiger partial charge in [-0.15, -0.1) is 11.3 Å². The summed E-state index contributed by atoms with van der Waals surface area (Å²) in [5, 5.41) is 2.02. The number of halogens is 2. The van der Waals surface area contributed by atoms with Crippen molar-refractivity contribution in [3.8, 4) is 0 Å². The number of ether oxygens (including phenoxy) is 1. The molecule has 1 amide bonds. The molecule has 1 aliphatic rings. The molecule has 1 fully saturated rings. The maximum atomic E-state index is 13.6. The van der Waals surface area contributed by atoms with Gasteiger partial charge in [0.15, 0.2) is 0 Å². The van der Waals surface area contributed by atoms with E-state index in [2.05, 4.69) is 4.98 Å². The molecule has 0 radical (unpaired) electrons. The molecule has 1 saturated heterocycles. The Hall–Kier alpha value is -1.91. The first-order valence-electron chi connectivity index (χ1n) is 7.40. The van der Waals surface area contributed by atoms with Gasteiger partial charge in [-0.2, -0.15) is 0 Å². The number of aromatic nitrogens is 1. The van der Waals surface area contributed by atoms with E-state index in [0.717, 1.165) is 31.0 Å². The standard InChI is InChI=1S/C15H14F2N2O4S2/c16-10-3-1-4-11(17)9(10)8-25(21,22)19-14(20)12-7-24-15(18-12)13-5-2-6-23-13/h1,3-4,7,13H,2,5-6,8H2,(H,19,20)/t13-/m1/s1. The van der Waals surface area contributed by atoms with E-state index in [-0.39, 0.29) is 11.8 Å². The highest BCUT2D eigenvalue weighted by Crippen LogP contribution is 2.30. The highest BCUT2D eigenvalue weighted by Gasteiger charge is 2.25. The first-order chi connectivity index (χ1) is 11.9. The van der Waals surface area contributed by atoms with Crippen LogP contribution in [0.1, 0.15) is 40.0 Å². The molecule has 0 saturated carbocycles. The Kier molecular flexibility index (Phi) is 5.11. The lowest BCUT2D eigenvalue weighted by Gasteiger charge is -2.07. The van der Waals surface area contributed by atoms with Crippen LogP contribution in [0.3, 0.4) is 0 Å². The minimum atomic E-state index is -4.28. The van der Waals surface area contributed by atoms with Gasteiger partial charge in [0.25, 0.3) is 5.91 Å². The summed E-state index contributed by atoms with van der Waals surface area (Å²) in [5.41, 5.74) is -0.700. The fraction of sp³-hybridized carbons (Fsp3) is 0.333. The van der Waals surface area contributed by atoms with Gasteiger partial charge in [0.05, 0.1) is 0 Å². The zero-order valence-corrected chi connectivity index (χ0v) is 14.5. The van der Waals surface area contributed by atoms with E-state index in [1.165, 1.54) is 16.7 Å². The summed E-state index contributed by atoms with van der Waals surface area (Å²) in [7, 11) is -4.28. The van der Waals surface area contributed by atoms with Gasteiger partial charge in [-0.25, -0.2) is 26.9 Å².